The van der Waals surface area contributed by atoms with E-state index in [1.54, 1.807) is 0 Å². The SMILES string of the molecule is O=CC(O)[C@@H]1CCc2cc(F)ccc2O1. The van der Waals surface area contributed by atoms with Gasteiger partial charge in [-0.1, -0.05) is 0 Å². The van der Waals surface area contributed by atoms with E-state index in [0.717, 1.165) is 5.56 Å². The van der Waals surface area contributed by atoms with Gasteiger partial charge in [0.1, 0.15) is 23.8 Å². The van der Waals surface area contributed by atoms with E-state index in [-0.39, 0.29) is 5.82 Å². The van der Waals surface area contributed by atoms with Crippen molar-refractivity contribution in [2.75, 3.05) is 0 Å². The summed E-state index contributed by atoms with van der Waals surface area (Å²) >= 11 is 0. The van der Waals surface area contributed by atoms with E-state index in [9.17, 15) is 14.3 Å². The van der Waals surface area contributed by atoms with E-state index in [4.69, 9.17) is 4.74 Å². The molecule has 2 rings (SSSR count). The Bertz CT molecular complexity index is 378. The highest BCUT2D eigenvalue weighted by molar-refractivity contribution is 5.57. The Morgan fingerprint density at radius 2 is 2.40 bits per heavy atom. The number of aliphatic hydroxyl groups is 1. The Morgan fingerprint density at radius 1 is 1.60 bits per heavy atom. The molecule has 1 unspecified atom stereocenters. The third-order valence-electron chi connectivity index (χ3n) is 2.52. The molecular weight excluding hydrogens is 199 g/mol. The zero-order chi connectivity index (χ0) is 10.8. The summed E-state index contributed by atoms with van der Waals surface area (Å²) in [5, 5.41) is 9.30. The van der Waals surface area contributed by atoms with Gasteiger partial charge < -0.3 is 14.6 Å². The standard InChI is InChI=1S/C11H11FO3/c12-8-2-4-10-7(5-8)1-3-11(15-10)9(14)6-13/h2,4-6,9,11,14H,1,3H2/t9?,11-/m0/s1. The summed E-state index contributed by atoms with van der Waals surface area (Å²) < 4.78 is 18.2. The van der Waals surface area contributed by atoms with Crippen LogP contribution in [0.25, 0.3) is 0 Å². The van der Waals surface area contributed by atoms with Crippen molar-refractivity contribution >= 4 is 6.29 Å². The molecule has 1 aliphatic heterocycles. The second-order valence-corrected chi connectivity index (χ2v) is 3.57. The van der Waals surface area contributed by atoms with Gasteiger partial charge in [-0.15, -0.1) is 0 Å². The normalized spacial score (nSPS) is 21.3. The Morgan fingerprint density at radius 3 is 3.13 bits per heavy atom. The molecule has 80 valence electrons. The fraction of sp³-hybridized carbons (Fsp3) is 0.364. The van der Waals surface area contributed by atoms with Gasteiger partial charge in [-0.2, -0.15) is 0 Å². The number of hydrogen-bond acceptors (Lipinski definition) is 3. The highest BCUT2D eigenvalue weighted by Gasteiger charge is 2.25. The molecule has 1 aliphatic rings. The molecule has 0 aromatic heterocycles. The van der Waals surface area contributed by atoms with Crippen LogP contribution in [0.15, 0.2) is 18.2 Å². The van der Waals surface area contributed by atoms with Crippen molar-refractivity contribution in [3.05, 3.63) is 29.6 Å². The molecule has 1 aromatic carbocycles. The maximum absolute atomic E-state index is 12.9. The minimum absolute atomic E-state index is 0.299. The molecule has 0 saturated carbocycles. The third kappa shape index (κ3) is 1.99. The number of carbonyl (C=O) groups excluding carboxylic acids is 1. The van der Waals surface area contributed by atoms with Crippen molar-refractivity contribution in [3.63, 3.8) is 0 Å². The molecule has 0 saturated heterocycles. The minimum atomic E-state index is -1.11. The molecule has 0 bridgehead atoms. The van der Waals surface area contributed by atoms with Gasteiger partial charge in [0.15, 0.2) is 6.29 Å². The summed E-state index contributed by atoms with van der Waals surface area (Å²) in [6.45, 7) is 0. The van der Waals surface area contributed by atoms with Crippen molar-refractivity contribution in [2.45, 2.75) is 25.0 Å². The lowest BCUT2D eigenvalue weighted by atomic mass is 9.99. The Labute approximate surface area is 86.5 Å². The van der Waals surface area contributed by atoms with Gasteiger partial charge in [0.25, 0.3) is 0 Å². The topological polar surface area (TPSA) is 46.5 Å². The summed E-state index contributed by atoms with van der Waals surface area (Å²) in [6, 6.07) is 4.24. The maximum atomic E-state index is 12.9. The second-order valence-electron chi connectivity index (χ2n) is 3.57. The monoisotopic (exact) mass is 210 g/mol. The molecule has 0 spiro atoms. The van der Waals surface area contributed by atoms with Crippen LogP contribution in [0.3, 0.4) is 0 Å². The van der Waals surface area contributed by atoms with Gasteiger partial charge in [-0.25, -0.2) is 4.39 Å². The predicted molar refractivity (Wildman–Crippen MR) is 51.2 cm³/mol. The van der Waals surface area contributed by atoms with Gasteiger partial charge >= 0.3 is 0 Å². The summed E-state index contributed by atoms with van der Waals surface area (Å²) in [7, 11) is 0. The van der Waals surface area contributed by atoms with Crippen LogP contribution in [0.2, 0.25) is 0 Å². The van der Waals surface area contributed by atoms with E-state index < -0.39 is 12.2 Å². The van der Waals surface area contributed by atoms with Crippen LogP contribution in [-0.4, -0.2) is 23.6 Å². The number of aliphatic hydroxyl groups excluding tert-OH is 1. The molecule has 1 N–H and O–H groups in total. The molecule has 0 fully saturated rings. The molecular formula is C11H11FO3. The van der Waals surface area contributed by atoms with Crippen LogP contribution >= 0.6 is 0 Å². The number of benzene rings is 1. The smallest absolute Gasteiger partial charge is 0.152 e. The summed E-state index contributed by atoms with van der Waals surface area (Å²) in [4.78, 5) is 10.4. The first-order chi connectivity index (χ1) is 7.20. The van der Waals surface area contributed by atoms with Crippen LogP contribution in [-0.2, 0) is 11.2 Å². The molecule has 4 heteroatoms. The highest BCUT2D eigenvalue weighted by atomic mass is 19.1. The molecule has 2 atom stereocenters. The molecule has 0 aliphatic carbocycles. The van der Waals surface area contributed by atoms with E-state index >= 15 is 0 Å². The average molecular weight is 210 g/mol. The fourth-order valence-corrected chi connectivity index (χ4v) is 1.71. The summed E-state index contributed by atoms with van der Waals surface area (Å²) in [5.41, 5.74) is 0.782. The van der Waals surface area contributed by atoms with E-state index in [1.807, 2.05) is 0 Å². The zero-order valence-electron chi connectivity index (χ0n) is 8.02. The largest absolute Gasteiger partial charge is 0.487 e. The van der Waals surface area contributed by atoms with Crippen molar-refractivity contribution in [3.8, 4) is 5.75 Å². The first kappa shape index (κ1) is 10.1. The highest BCUT2D eigenvalue weighted by Crippen LogP contribution is 2.28. The number of halogens is 1. The Balaban J connectivity index is 2.20. The van der Waals surface area contributed by atoms with Crippen molar-refractivity contribution in [1.29, 1.82) is 0 Å². The number of ether oxygens (including phenoxy) is 1. The first-order valence-corrected chi connectivity index (χ1v) is 4.79. The number of aryl methyl sites for hydroxylation is 1. The first-order valence-electron chi connectivity index (χ1n) is 4.79. The van der Waals surface area contributed by atoms with Crippen LogP contribution in [0, 0.1) is 5.82 Å². The van der Waals surface area contributed by atoms with E-state index in [1.165, 1.54) is 18.2 Å². The third-order valence-corrected chi connectivity index (χ3v) is 2.52. The Hall–Kier alpha value is -1.42. The Kier molecular flexibility index (Phi) is 2.68. The number of hydrogen-bond donors (Lipinski definition) is 1. The lowest BCUT2D eigenvalue weighted by Crippen LogP contribution is -2.35. The molecule has 1 aromatic rings. The second kappa shape index (κ2) is 3.98. The summed E-state index contributed by atoms with van der Waals surface area (Å²) in [5.74, 6) is 0.250. The van der Waals surface area contributed by atoms with Crippen molar-refractivity contribution < 1.29 is 19.0 Å². The van der Waals surface area contributed by atoms with Gasteiger partial charge in [-0.05, 0) is 36.6 Å². The van der Waals surface area contributed by atoms with Crippen LogP contribution < -0.4 is 4.74 Å². The maximum Gasteiger partial charge on any atom is 0.152 e. The lowest BCUT2D eigenvalue weighted by molar-refractivity contribution is -0.119. The molecule has 0 amide bonds. The zero-order valence-corrected chi connectivity index (χ0v) is 8.02. The van der Waals surface area contributed by atoms with Gasteiger partial charge in [0.05, 0.1) is 0 Å². The molecule has 0 radical (unpaired) electrons. The molecule has 15 heavy (non-hydrogen) atoms. The van der Waals surface area contributed by atoms with Gasteiger partial charge in [-0.3, -0.25) is 0 Å². The van der Waals surface area contributed by atoms with Gasteiger partial charge in [0.2, 0.25) is 0 Å². The number of carbonyl (C=O) groups is 1. The quantitative estimate of drug-likeness (QED) is 0.743. The van der Waals surface area contributed by atoms with Crippen molar-refractivity contribution in [2.24, 2.45) is 0 Å². The fourth-order valence-electron chi connectivity index (χ4n) is 1.71. The predicted octanol–water partition coefficient (Wildman–Crippen LogP) is 1.08. The average Bonchev–Trinajstić information content (AvgIpc) is 2.27. The lowest BCUT2D eigenvalue weighted by Gasteiger charge is -2.27. The minimum Gasteiger partial charge on any atom is -0.487 e. The number of aldehydes is 1. The van der Waals surface area contributed by atoms with Crippen LogP contribution in [0.4, 0.5) is 4.39 Å². The van der Waals surface area contributed by atoms with Crippen molar-refractivity contribution in [1.82, 2.24) is 0 Å². The van der Waals surface area contributed by atoms with Crippen LogP contribution in [0.5, 0.6) is 5.75 Å². The summed E-state index contributed by atoms with van der Waals surface area (Å²) in [6.07, 6.45) is -0.0262. The van der Waals surface area contributed by atoms with Crippen LogP contribution in [0.1, 0.15) is 12.0 Å². The molecule has 1 heterocycles. The van der Waals surface area contributed by atoms with Gasteiger partial charge in [0, 0.05) is 0 Å². The number of rotatable bonds is 2. The van der Waals surface area contributed by atoms with E-state index in [2.05, 4.69) is 0 Å². The van der Waals surface area contributed by atoms with E-state index in [0.29, 0.717) is 24.9 Å². The molecule has 3 nitrogen and oxygen atoms in total. The number of fused-ring (bicyclic) bond motifs is 1.